The van der Waals surface area contributed by atoms with Gasteiger partial charge in [0.05, 0.1) is 0 Å². The minimum atomic E-state index is -0.621. The Kier molecular flexibility index (Phi) is 7.17. The van der Waals surface area contributed by atoms with Crippen LogP contribution in [0, 0.1) is 0 Å². The first-order valence-electron chi connectivity index (χ1n) is 7.08. The zero-order chi connectivity index (χ0) is 14.8. The van der Waals surface area contributed by atoms with Crippen molar-refractivity contribution in [1.82, 2.24) is 0 Å². The maximum absolute atomic E-state index is 11.8. The van der Waals surface area contributed by atoms with Crippen molar-refractivity contribution in [2.24, 2.45) is 5.73 Å². The number of carbonyl (C=O) groups excluding carboxylic acids is 2. The SMILES string of the molecule is CCCCCCCC(=O)Nc1cccc(NC(N)=O)c1. The molecule has 5 heteroatoms. The van der Waals surface area contributed by atoms with E-state index in [1.807, 2.05) is 0 Å². The summed E-state index contributed by atoms with van der Waals surface area (Å²) < 4.78 is 0. The number of nitrogens with two attached hydrogens (primary N) is 1. The lowest BCUT2D eigenvalue weighted by Crippen LogP contribution is -2.19. The van der Waals surface area contributed by atoms with E-state index in [1.54, 1.807) is 24.3 Å². The van der Waals surface area contributed by atoms with Crippen molar-refractivity contribution in [3.63, 3.8) is 0 Å². The summed E-state index contributed by atoms with van der Waals surface area (Å²) in [5.74, 6) is -0.00211. The molecule has 0 aliphatic carbocycles. The molecule has 0 saturated heterocycles. The first kappa shape index (κ1) is 16.0. The first-order chi connectivity index (χ1) is 9.61. The van der Waals surface area contributed by atoms with Gasteiger partial charge in [0.15, 0.2) is 0 Å². The zero-order valence-corrected chi connectivity index (χ0v) is 11.9. The normalized spacial score (nSPS) is 10.1. The molecule has 0 atom stereocenters. The molecule has 0 aromatic heterocycles. The molecule has 20 heavy (non-hydrogen) atoms. The van der Waals surface area contributed by atoms with Crippen LogP contribution in [-0.2, 0) is 4.79 Å². The van der Waals surface area contributed by atoms with Gasteiger partial charge in [0, 0.05) is 17.8 Å². The molecule has 110 valence electrons. The summed E-state index contributed by atoms with van der Waals surface area (Å²) in [4.78, 5) is 22.5. The number of anilines is 2. The molecule has 0 aliphatic heterocycles. The van der Waals surface area contributed by atoms with E-state index in [9.17, 15) is 9.59 Å². The van der Waals surface area contributed by atoms with Crippen molar-refractivity contribution < 1.29 is 9.59 Å². The second kappa shape index (κ2) is 8.96. The van der Waals surface area contributed by atoms with E-state index < -0.39 is 6.03 Å². The summed E-state index contributed by atoms with van der Waals surface area (Å²) in [5, 5.41) is 5.29. The van der Waals surface area contributed by atoms with E-state index in [4.69, 9.17) is 5.73 Å². The average Bonchev–Trinajstić information content (AvgIpc) is 2.38. The fourth-order valence-electron chi connectivity index (χ4n) is 1.93. The van der Waals surface area contributed by atoms with Crippen LogP contribution in [0.5, 0.6) is 0 Å². The third-order valence-electron chi connectivity index (χ3n) is 2.92. The predicted molar refractivity (Wildman–Crippen MR) is 81.7 cm³/mol. The highest BCUT2D eigenvalue weighted by Crippen LogP contribution is 2.15. The van der Waals surface area contributed by atoms with Crippen LogP contribution in [0.1, 0.15) is 45.4 Å². The van der Waals surface area contributed by atoms with Gasteiger partial charge in [-0.15, -0.1) is 0 Å². The third-order valence-corrected chi connectivity index (χ3v) is 2.92. The van der Waals surface area contributed by atoms with Crippen molar-refractivity contribution in [3.8, 4) is 0 Å². The smallest absolute Gasteiger partial charge is 0.316 e. The molecule has 0 saturated carbocycles. The van der Waals surface area contributed by atoms with Crippen LogP contribution >= 0.6 is 0 Å². The summed E-state index contributed by atoms with van der Waals surface area (Å²) in [6.07, 6.45) is 6.13. The number of nitrogens with one attached hydrogen (secondary N) is 2. The second-order valence-electron chi connectivity index (χ2n) is 4.78. The summed E-state index contributed by atoms with van der Waals surface area (Å²) in [6, 6.07) is 6.30. The van der Waals surface area contributed by atoms with Gasteiger partial charge in [-0.1, -0.05) is 38.7 Å². The Morgan fingerprint density at radius 2 is 1.70 bits per heavy atom. The lowest BCUT2D eigenvalue weighted by atomic mass is 10.1. The fourth-order valence-corrected chi connectivity index (χ4v) is 1.93. The maximum Gasteiger partial charge on any atom is 0.316 e. The Bertz CT molecular complexity index is 446. The van der Waals surface area contributed by atoms with Crippen LogP contribution in [0.4, 0.5) is 16.2 Å². The molecule has 1 rings (SSSR count). The number of urea groups is 1. The Morgan fingerprint density at radius 3 is 2.35 bits per heavy atom. The van der Waals surface area contributed by atoms with Crippen molar-refractivity contribution in [3.05, 3.63) is 24.3 Å². The number of hydrogen-bond donors (Lipinski definition) is 3. The van der Waals surface area contributed by atoms with Gasteiger partial charge in [-0.2, -0.15) is 0 Å². The lowest BCUT2D eigenvalue weighted by molar-refractivity contribution is -0.116. The highest BCUT2D eigenvalue weighted by Gasteiger charge is 2.03. The molecule has 5 nitrogen and oxygen atoms in total. The van der Waals surface area contributed by atoms with Gasteiger partial charge in [-0.3, -0.25) is 4.79 Å². The van der Waals surface area contributed by atoms with E-state index in [2.05, 4.69) is 17.6 Å². The molecule has 0 spiro atoms. The largest absolute Gasteiger partial charge is 0.351 e. The zero-order valence-electron chi connectivity index (χ0n) is 11.9. The van der Waals surface area contributed by atoms with Gasteiger partial charge in [-0.25, -0.2) is 4.79 Å². The van der Waals surface area contributed by atoms with E-state index in [0.717, 1.165) is 12.8 Å². The van der Waals surface area contributed by atoms with Gasteiger partial charge in [0.2, 0.25) is 5.91 Å². The molecule has 4 N–H and O–H groups in total. The highest BCUT2D eigenvalue weighted by atomic mass is 16.2. The van der Waals surface area contributed by atoms with E-state index in [0.29, 0.717) is 17.8 Å². The maximum atomic E-state index is 11.8. The molecule has 0 heterocycles. The number of carbonyl (C=O) groups is 2. The molecular formula is C15H23N3O2. The molecular weight excluding hydrogens is 254 g/mol. The van der Waals surface area contributed by atoms with Crippen molar-refractivity contribution in [2.75, 3.05) is 10.6 Å². The van der Waals surface area contributed by atoms with Crippen LogP contribution in [0.3, 0.4) is 0 Å². The molecule has 0 unspecified atom stereocenters. The number of primary amides is 1. The molecule has 1 aromatic rings. The minimum Gasteiger partial charge on any atom is -0.351 e. The van der Waals surface area contributed by atoms with E-state index >= 15 is 0 Å². The Balaban J connectivity index is 2.36. The van der Waals surface area contributed by atoms with Gasteiger partial charge < -0.3 is 16.4 Å². The van der Waals surface area contributed by atoms with Crippen molar-refractivity contribution in [1.29, 1.82) is 0 Å². The lowest BCUT2D eigenvalue weighted by Gasteiger charge is -2.07. The molecule has 0 bridgehead atoms. The van der Waals surface area contributed by atoms with Crippen LogP contribution in [0.25, 0.3) is 0 Å². The van der Waals surface area contributed by atoms with Crippen LogP contribution in [0.2, 0.25) is 0 Å². The monoisotopic (exact) mass is 277 g/mol. The van der Waals surface area contributed by atoms with Crippen LogP contribution in [-0.4, -0.2) is 11.9 Å². The quantitative estimate of drug-likeness (QED) is 0.635. The topological polar surface area (TPSA) is 84.2 Å². The van der Waals surface area contributed by atoms with E-state index in [1.165, 1.54) is 19.3 Å². The first-order valence-corrected chi connectivity index (χ1v) is 7.08. The molecule has 0 radical (unpaired) electrons. The average molecular weight is 277 g/mol. The van der Waals surface area contributed by atoms with E-state index in [-0.39, 0.29) is 5.91 Å². The van der Waals surface area contributed by atoms with Crippen molar-refractivity contribution in [2.45, 2.75) is 45.4 Å². The summed E-state index contributed by atoms with van der Waals surface area (Å²) in [7, 11) is 0. The van der Waals surface area contributed by atoms with Gasteiger partial charge in [-0.05, 0) is 24.6 Å². The van der Waals surface area contributed by atoms with Crippen LogP contribution in [0.15, 0.2) is 24.3 Å². The van der Waals surface area contributed by atoms with Crippen molar-refractivity contribution >= 4 is 23.3 Å². The number of unbranched alkanes of at least 4 members (excludes halogenated alkanes) is 4. The van der Waals surface area contributed by atoms with Gasteiger partial charge in [0.25, 0.3) is 0 Å². The Morgan fingerprint density at radius 1 is 1.05 bits per heavy atom. The molecule has 3 amide bonds. The summed E-state index contributed by atoms with van der Waals surface area (Å²) in [5.41, 5.74) is 6.27. The summed E-state index contributed by atoms with van der Waals surface area (Å²) in [6.45, 7) is 2.17. The third kappa shape index (κ3) is 6.78. The number of amides is 3. The standard InChI is InChI=1S/C15H23N3O2/c1-2-3-4-5-6-10-14(19)17-12-8-7-9-13(11-12)18-15(16)20/h7-9,11H,2-6,10H2,1H3,(H,17,19)(H3,16,18,20). The second-order valence-corrected chi connectivity index (χ2v) is 4.78. The Hall–Kier alpha value is -2.04. The van der Waals surface area contributed by atoms with Gasteiger partial charge >= 0.3 is 6.03 Å². The summed E-state index contributed by atoms with van der Waals surface area (Å²) >= 11 is 0. The minimum absolute atomic E-state index is 0.00211. The predicted octanol–water partition coefficient (Wildman–Crippen LogP) is 3.48. The fraction of sp³-hybridized carbons (Fsp3) is 0.467. The Labute approximate surface area is 119 Å². The number of rotatable bonds is 8. The van der Waals surface area contributed by atoms with Gasteiger partial charge in [0.1, 0.15) is 0 Å². The number of benzene rings is 1. The molecule has 0 fully saturated rings. The highest BCUT2D eigenvalue weighted by molar-refractivity contribution is 5.93. The molecule has 1 aromatic carbocycles. The number of hydrogen-bond acceptors (Lipinski definition) is 2. The molecule has 0 aliphatic rings. The van der Waals surface area contributed by atoms with Crippen LogP contribution < -0.4 is 16.4 Å².